The van der Waals surface area contributed by atoms with Crippen LogP contribution in [0, 0.1) is 6.92 Å². The smallest absolute Gasteiger partial charge is 0.259 e. The molecule has 1 amide bonds. The number of carbonyl (C=O) groups is 1. The molecule has 3 heterocycles. The van der Waals surface area contributed by atoms with Crippen LogP contribution in [0.1, 0.15) is 24.2 Å². The van der Waals surface area contributed by atoms with Crippen LogP contribution in [0.3, 0.4) is 0 Å². The second-order valence-corrected chi connectivity index (χ2v) is 6.97. The number of rotatable bonds is 4. The first-order chi connectivity index (χ1) is 12.1. The second-order valence-electron chi connectivity index (χ2n) is 6.13. The van der Waals surface area contributed by atoms with E-state index in [0.29, 0.717) is 23.6 Å². The number of aryl methyl sites for hydroxylation is 1. The van der Waals surface area contributed by atoms with Gasteiger partial charge in [-0.2, -0.15) is 0 Å². The van der Waals surface area contributed by atoms with Crippen LogP contribution in [0.2, 0.25) is 0 Å². The number of carbonyl (C=O) groups excluding carboxylic acids is 1. The monoisotopic (exact) mass is 354 g/mol. The molecule has 1 aliphatic heterocycles. The summed E-state index contributed by atoms with van der Waals surface area (Å²) in [5.74, 6) is 0.185. The predicted octanol–water partition coefficient (Wildman–Crippen LogP) is 2.80. The Morgan fingerprint density at radius 1 is 1.24 bits per heavy atom. The number of nitrogens with zero attached hydrogens (tertiary/aromatic N) is 3. The van der Waals surface area contributed by atoms with E-state index in [1.807, 2.05) is 41.5 Å². The van der Waals surface area contributed by atoms with Crippen molar-refractivity contribution in [2.75, 3.05) is 16.8 Å². The average Bonchev–Trinajstić information content (AvgIpc) is 3.20. The van der Waals surface area contributed by atoms with Gasteiger partial charge in [-0.15, -0.1) is 11.3 Å². The van der Waals surface area contributed by atoms with Gasteiger partial charge in [0.15, 0.2) is 4.96 Å². The quantitative estimate of drug-likeness (QED) is 0.782. The summed E-state index contributed by atoms with van der Waals surface area (Å²) in [7, 11) is 0. The van der Waals surface area contributed by atoms with Crippen molar-refractivity contribution in [1.29, 1.82) is 0 Å². The fraction of sp³-hybridized carbons (Fsp3) is 0.278. The van der Waals surface area contributed by atoms with Crippen LogP contribution in [0.25, 0.3) is 4.96 Å². The third-order valence-corrected chi connectivity index (χ3v) is 5.30. The van der Waals surface area contributed by atoms with Crippen molar-refractivity contribution in [2.45, 2.75) is 26.3 Å². The zero-order chi connectivity index (χ0) is 17.4. The highest BCUT2D eigenvalue weighted by Crippen LogP contribution is 2.23. The lowest BCUT2D eigenvalue weighted by Gasteiger charge is -2.16. The first-order valence-corrected chi connectivity index (χ1v) is 9.11. The molecule has 25 heavy (non-hydrogen) atoms. The molecule has 7 heteroatoms. The van der Waals surface area contributed by atoms with Gasteiger partial charge in [-0.3, -0.25) is 14.0 Å². The van der Waals surface area contributed by atoms with E-state index in [2.05, 4.69) is 10.3 Å². The topological polar surface area (TPSA) is 66.7 Å². The first kappa shape index (κ1) is 15.8. The summed E-state index contributed by atoms with van der Waals surface area (Å²) < 4.78 is 1.62. The van der Waals surface area contributed by atoms with E-state index in [1.54, 1.807) is 10.5 Å². The van der Waals surface area contributed by atoms with E-state index in [0.717, 1.165) is 30.0 Å². The Hall–Kier alpha value is -2.67. The summed E-state index contributed by atoms with van der Waals surface area (Å²) in [5, 5.41) is 5.21. The van der Waals surface area contributed by atoms with Crippen LogP contribution in [0.4, 0.5) is 11.4 Å². The molecule has 0 radical (unpaired) electrons. The van der Waals surface area contributed by atoms with Gasteiger partial charge >= 0.3 is 0 Å². The Bertz CT molecular complexity index is 990. The van der Waals surface area contributed by atoms with E-state index in [-0.39, 0.29) is 11.5 Å². The minimum atomic E-state index is -0.0524. The molecule has 0 bridgehead atoms. The molecule has 6 nitrogen and oxygen atoms in total. The highest BCUT2D eigenvalue weighted by atomic mass is 32.1. The SMILES string of the molecule is Cc1csc2nc(CNc3ccc(N4CCCC4=O)cc3)cc(=O)n12. The number of anilines is 2. The maximum atomic E-state index is 12.2. The number of fused-ring (bicyclic) bond motifs is 1. The van der Waals surface area contributed by atoms with E-state index < -0.39 is 0 Å². The molecule has 0 unspecified atom stereocenters. The van der Waals surface area contributed by atoms with Crippen molar-refractivity contribution >= 4 is 33.6 Å². The van der Waals surface area contributed by atoms with Crippen LogP contribution in [-0.2, 0) is 11.3 Å². The summed E-state index contributed by atoms with van der Waals surface area (Å²) in [5.41, 5.74) is 3.43. The van der Waals surface area contributed by atoms with Crippen molar-refractivity contribution in [3.8, 4) is 0 Å². The largest absolute Gasteiger partial charge is 0.379 e. The van der Waals surface area contributed by atoms with E-state index >= 15 is 0 Å². The van der Waals surface area contributed by atoms with Crippen molar-refractivity contribution < 1.29 is 4.79 Å². The lowest BCUT2D eigenvalue weighted by atomic mass is 10.2. The number of benzene rings is 1. The molecule has 0 saturated carbocycles. The third kappa shape index (κ3) is 3.02. The van der Waals surface area contributed by atoms with Gasteiger partial charge in [-0.1, -0.05) is 0 Å². The zero-order valence-electron chi connectivity index (χ0n) is 13.9. The van der Waals surface area contributed by atoms with Crippen molar-refractivity contribution in [3.63, 3.8) is 0 Å². The molecule has 1 N–H and O–H groups in total. The predicted molar refractivity (Wildman–Crippen MR) is 99.4 cm³/mol. The molecule has 128 valence electrons. The van der Waals surface area contributed by atoms with Crippen molar-refractivity contribution in [1.82, 2.24) is 9.38 Å². The van der Waals surface area contributed by atoms with Gasteiger partial charge in [0.25, 0.3) is 5.56 Å². The van der Waals surface area contributed by atoms with E-state index in [1.165, 1.54) is 11.3 Å². The molecular formula is C18H18N4O2S. The summed E-state index contributed by atoms with van der Waals surface area (Å²) in [6, 6.07) is 9.35. The Balaban J connectivity index is 1.48. The molecule has 2 aromatic heterocycles. The summed E-state index contributed by atoms with van der Waals surface area (Å²) in [6.07, 6.45) is 1.55. The molecule has 4 rings (SSSR count). The molecular weight excluding hydrogens is 336 g/mol. The van der Waals surface area contributed by atoms with Crippen LogP contribution in [0.5, 0.6) is 0 Å². The number of nitrogens with one attached hydrogen (secondary N) is 1. The number of hydrogen-bond acceptors (Lipinski definition) is 5. The normalized spacial score (nSPS) is 14.4. The fourth-order valence-corrected chi connectivity index (χ4v) is 3.96. The fourth-order valence-electron chi connectivity index (χ4n) is 3.06. The molecule has 1 aromatic carbocycles. The molecule has 1 aliphatic rings. The Kier molecular flexibility index (Phi) is 4.01. The number of aromatic nitrogens is 2. The number of amides is 1. The Morgan fingerprint density at radius 2 is 2.04 bits per heavy atom. The maximum absolute atomic E-state index is 12.2. The molecule has 1 fully saturated rings. The molecule has 0 atom stereocenters. The Labute approximate surface area is 148 Å². The zero-order valence-corrected chi connectivity index (χ0v) is 14.7. The van der Waals surface area contributed by atoms with Crippen LogP contribution < -0.4 is 15.8 Å². The number of thiazole rings is 1. The molecule has 0 aliphatic carbocycles. The first-order valence-electron chi connectivity index (χ1n) is 8.23. The van der Waals surface area contributed by atoms with Gasteiger partial charge in [0.1, 0.15) is 0 Å². The van der Waals surface area contributed by atoms with Gasteiger partial charge in [-0.05, 0) is 37.6 Å². The standard InChI is InChI=1S/C18H18N4O2S/c1-12-11-25-18-20-14(9-17(24)22(12)18)10-19-13-4-6-15(7-5-13)21-8-2-3-16(21)23/h4-7,9,11,19H,2-3,8,10H2,1H3. The van der Waals surface area contributed by atoms with Crippen LogP contribution >= 0.6 is 11.3 Å². The van der Waals surface area contributed by atoms with Crippen LogP contribution in [0.15, 0.2) is 40.5 Å². The number of hydrogen-bond donors (Lipinski definition) is 1. The minimum absolute atomic E-state index is 0.0524. The minimum Gasteiger partial charge on any atom is -0.379 e. The highest BCUT2D eigenvalue weighted by Gasteiger charge is 2.21. The van der Waals surface area contributed by atoms with E-state index in [4.69, 9.17) is 0 Å². The molecule has 0 spiro atoms. The van der Waals surface area contributed by atoms with Gasteiger partial charge < -0.3 is 10.2 Å². The van der Waals surface area contributed by atoms with Crippen molar-refractivity contribution in [2.24, 2.45) is 0 Å². The van der Waals surface area contributed by atoms with Gasteiger partial charge in [0.2, 0.25) is 5.91 Å². The summed E-state index contributed by atoms with van der Waals surface area (Å²) in [6.45, 7) is 3.17. The third-order valence-electron chi connectivity index (χ3n) is 4.35. The molecule has 1 saturated heterocycles. The second kappa shape index (κ2) is 6.33. The average molecular weight is 354 g/mol. The summed E-state index contributed by atoms with van der Waals surface area (Å²) in [4.78, 5) is 31.0. The van der Waals surface area contributed by atoms with Gasteiger partial charge in [-0.25, -0.2) is 4.98 Å². The van der Waals surface area contributed by atoms with Crippen LogP contribution in [-0.4, -0.2) is 21.8 Å². The lowest BCUT2D eigenvalue weighted by Crippen LogP contribution is -2.23. The van der Waals surface area contributed by atoms with Gasteiger partial charge in [0, 0.05) is 41.5 Å². The summed E-state index contributed by atoms with van der Waals surface area (Å²) >= 11 is 1.47. The van der Waals surface area contributed by atoms with Crippen molar-refractivity contribution in [3.05, 3.63) is 57.5 Å². The highest BCUT2D eigenvalue weighted by molar-refractivity contribution is 7.15. The lowest BCUT2D eigenvalue weighted by molar-refractivity contribution is -0.117. The van der Waals surface area contributed by atoms with E-state index in [9.17, 15) is 9.59 Å². The van der Waals surface area contributed by atoms with Gasteiger partial charge in [0.05, 0.1) is 12.2 Å². The molecule has 3 aromatic rings. The Morgan fingerprint density at radius 3 is 2.76 bits per heavy atom. The maximum Gasteiger partial charge on any atom is 0.259 e.